The molecule has 0 bridgehead atoms. The fourth-order valence-electron chi connectivity index (χ4n) is 1.89. The number of rotatable bonds is 3. The molecule has 0 aliphatic carbocycles. The number of aliphatic hydroxyl groups is 1. The van der Waals surface area contributed by atoms with Gasteiger partial charge in [-0.3, -0.25) is 4.57 Å². The number of ether oxygens (including phenoxy) is 1. The van der Waals surface area contributed by atoms with Gasteiger partial charge in [0.05, 0.1) is 6.61 Å². The van der Waals surface area contributed by atoms with Crippen molar-refractivity contribution < 1.29 is 9.84 Å². The number of halogens is 1. The Labute approximate surface area is 107 Å². The highest BCUT2D eigenvalue weighted by Gasteiger charge is 2.40. The molecule has 0 spiro atoms. The van der Waals surface area contributed by atoms with Crippen LogP contribution in [0, 0.1) is 0 Å². The van der Waals surface area contributed by atoms with Crippen LogP contribution in [0.5, 0.6) is 0 Å². The van der Waals surface area contributed by atoms with E-state index in [4.69, 9.17) is 10.5 Å². The van der Waals surface area contributed by atoms with E-state index >= 15 is 0 Å². The lowest BCUT2D eigenvalue weighted by atomic mass is 10.0. The zero-order chi connectivity index (χ0) is 12.5. The van der Waals surface area contributed by atoms with Crippen LogP contribution in [0.3, 0.4) is 0 Å². The zero-order valence-corrected chi connectivity index (χ0v) is 10.8. The van der Waals surface area contributed by atoms with Crippen LogP contribution in [-0.4, -0.2) is 32.2 Å². The first-order valence-corrected chi connectivity index (χ1v) is 6.42. The fourth-order valence-corrected chi connectivity index (χ4v) is 2.48. The molecule has 1 aromatic rings. The van der Waals surface area contributed by atoms with E-state index in [1.165, 1.54) is 4.57 Å². The van der Waals surface area contributed by atoms with Crippen molar-refractivity contribution in [3.05, 3.63) is 22.7 Å². The molecule has 0 unspecified atom stereocenters. The van der Waals surface area contributed by atoms with E-state index in [9.17, 15) is 9.90 Å². The summed E-state index contributed by atoms with van der Waals surface area (Å²) in [5.41, 5.74) is 4.38. The van der Waals surface area contributed by atoms with Gasteiger partial charge < -0.3 is 15.6 Å². The number of alkyl halides is 1. The molecule has 2 rings (SSSR count). The average molecular weight is 304 g/mol. The lowest BCUT2D eigenvalue weighted by Gasteiger charge is -2.25. The van der Waals surface area contributed by atoms with Gasteiger partial charge in [-0.15, -0.1) is 0 Å². The minimum atomic E-state index is -0.606. The van der Waals surface area contributed by atoms with Gasteiger partial charge >= 0.3 is 5.69 Å². The van der Waals surface area contributed by atoms with Gasteiger partial charge in [0.1, 0.15) is 17.6 Å². The molecular formula is C10H14BrN3O3. The lowest BCUT2D eigenvalue weighted by molar-refractivity contribution is -0.0844. The summed E-state index contributed by atoms with van der Waals surface area (Å²) in [6.45, 7) is -0.0775. The molecule has 94 valence electrons. The molecule has 1 saturated heterocycles. The molecule has 0 amide bonds. The second kappa shape index (κ2) is 4.75. The van der Waals surface area contributed by atoms with Crippen molar-refractivity contribution in [2.75, 3.05) is 17.7 Å². The second-order valence-electron chi connectivity index (χ2n) is 4.13. The number of aromatic nitrogens is 2. The molecule has 2 heterocycles. The molecule has 0 radical (unpaired) electrons. The van der Waals surface area contributed by atoms with Crippen LogP contribution in [-0.2, 0) is 4.74 Å². The van der Waals surface area contributed by atoms with Crippen molar-refractivity contribution in [2.45, 2.75) is 24.7 Å². The maximum Gasteiger partial charge on any atom is 0.351 e. The highest BCUT2D eigenvalue weighted by molar-refractivity contribution is 9.09. The van der Waals surface area contributed by atoms with E-state index in [0.717, 1.165) is 0 Å². The smallest absolute Gasteiger partial charge is 0.351 e. The standard InChI is InChI=1S/C10H14BrN3O3/c11-5-10(6-15)3-1-8(17-10)14-4-2-7(12)13-9(14)16/h2,4,8,15H,1,3,5-6H2,(H2,12,13,16)/t8-,10-/m1/s1. The molecule has 2 atom stereocenters. The maximum atomic E-state index is 11.6. The summed E-state index contributed by atoms with van der Waals surface area (Å²) in [5.74, 6) is 0.193. The number of anilines is 1. The third-order valence-corrected chi connectivity index (χ3v) is 3.95. The Morgan fingerprint density at radius 2 is 2.53 bits per heavy atom. The van der Waals surface area contributed by atoms with Crippen molar-refractivity contribution in [2.24, 2.45) is 0 Å². The van der Waals surface area contributed by atoms with Crippen LogP contribution in [0.1, 0.15) is 19.1 Å². The predicted molar refractivity (Wildman–Crippen MR) is 65.9 cm³/mol. The summed E-state index contributed by atoms with van der Waals surface area (Å²) < 4.78 is 7.14. The van der Waals surface area contributed by atoms with Crippen molar-refractivity contribution in [3.8, 4) is 0 Å². The number of aliphatic hydroxyl groups excluding tert-OH is 1. The lowest BCUT2D eigenvalue weighted by Crippen LogP contribution is -2.36. The van der Waals surface area contributed by atoms with E-state index in [1.807, 2.05) is 0 Å². The molecule has 1 aliphatic rings. The predicted octanol–water partition coefficient (Wildman–Crippen LogP) is 0.261. The summed E-state index contributed by atoms with van der Waals surface area (Å²) in [4.78, 5) is 15.3. The number of nitrogens with zero attached hydrogens (tertiary/aromatic N) is 2. The van der Waals surface area contributed by atoms with Crippen LogP contribution in [0.25, 0.3) is 0 Å². The molecule has 1 aromatic heterocycles. The Morgan fingerprint density at radius 1 is 1.76 bits per heavy atom. The first-order valence-electron chi connectivity index (χ1n) is 5.29. The third kappa shape index (κ3) is 2.36. The van der Waals surface area contributed by atoms with Gasteiger partial charge in [-0.25, -0.2) is 4.79 Å². The zero-order valence-electron chi connectivity index (χ0n) is 9.17. The number of nitrogen functional groups attached to an aromatic ring is 1. The van der Waals surface area contributed by atoms with E-state index in [-0.39, 0.29) is 18.7 Å². The molecule has 1 aliphatic heterocycles. The van der Waals surface area contributed by atoms with E-state index in [2.05, 4.69) is 20.9 Å². The molecule has 6 nitrogen and oxygen atoms in total. The number of hydrogen-bond donors (Lipinski definition) is 2. The number of hydrogen-bond acceptors (Lipinski definition) is 5. The van der Waals surface area contributed by atoms with Gasteiger partial charge in [-0.1, -0.05) is 15.9 Å². The summed E-state index contributed by atoms with van der Waals surface area (Å²) in [7, 11) is 0. The van der Waals surface area contributed by atoms with Crippen molar-refractivity contribution in [1.82, 2.24) is 9.55 Å². The van der Waals surface area contributed by atoms with Gasteiger partial charge in [0.2, 0.25) is 0 Å². The molecule has 0 saturated carbocycles. The fraction of sp³-hybridized carbons (Fsp3) is 0.600. The molecule has 7 heteroatoms. The summed E-state index contributed by atoms with van der Waals surface area (Å²) in [6.07, 6.45) is 2.53. The van der Waals surface area contributed by atoms with Gasteiger partial charge in [0.15, 0.2) is 0 Å². The van der Waals surface area contributed by atoms with Crippen LogP contribution in [0.15, 0.2) is 17.1 Å². The van der Waals surface area contributed by atoms with Crippen LogP contribution < -0.4 is 11.4 Å². The minimum Gasteiger partial charge on any atom is -0.393 e. The summed E-state index contributed by atoms with van der Waals surface area (Å²) >= 11 is 3.32. The van der Waals surface area contributed by atoms with Crippen LogP contribution in [0.4, 0.5) is 5.82 Å². The molecular weight excluding hydrogens is 290 g/mol. The molecule has 3 N–H and O–H groups in total. The number of nitrogens with two attached hydrogens (primary N) is 1. The minimum absolute atomic E-state index is 0.0775. The Morgan fingerprint density at radius 3 is 3.06 bits per heavy atom. The van der Waals surface area contributed by atoms with E-state index < -0.39 is 11.3 Å². The topological polar surface area (TPSA) is 90.4 Å². The second-order valence-corrected chi connectivity index (χ2v) is 4.69. The van der Waals surface area contributed by atoms with Gasteiger partial charge in [0.25, 0.3) is 0 Å². The molecule has 1 fully saturated rings. The summed E-state index contributed by atoms with van der Waals surface area (Å²) in [5, 5.41) is 9.85. The SMILES string of the molecule is Nc1ccn([C@H]2CC[C@](CO)(CBr)O2)c(=O)n1. The Balaban J connectivity index is 2.23. The largest absolute Gasteiger partial charge is 0.393 e. The third-order valence-electron chi connectivity index (χ3n) is 2.93. The van der Waals surface area contributed by atoms with Crippen molar-refractivity contribution in [3.63, 3.8) is 0 Å². The van der Waals surface area contributed by atoms with Crippen LogP contribution in [0.2, 0.25) is 0 Å². The first kappa shape index (κ1) is 12.5. The van der Waals surface area contributed by atoms with Gasteiger partial charge in [-0.05, 0) is 18.9 Å². The van der Waals surface area contributed by atoms with Gasteiger partial charge in [0, 0.05) is 11.5 Å². The Hall–Kier alpha value is -0.920. The maximum absolute atomic E-state index is 11.6. The summed E-state index contributed by atoms with van der Waals surface area (Å²) in [6, 6.07) is 1.55. The van der Waals surface area contributed by atoms with E-state index in [0.29, 0.717) is 18.2 Å². The highest BCUT2D eigenvalue weighted by atomic mass is 79.9. The molecule has 17 heavy (non-hydrogen) atoms. The normalized spacial score (nSPS) is 28.5. The monoisotopic (exact) mass is 303 g/mol. The van der Waals surface area contributed by atoms with Gasteiger partial charge in [-0.2, -0.15) is 4.98 Å². The quantitative estimate of drug-likeness (QED) is 0.782. The highest BCUT2D eigenvalue weighted by Crippen LogP contribution is 2.36. The Kier molecular flexibility index (Phi) is 3.50. The van der Waals surface area contributed by atoms with Crippen molar-refractivity contribution >= 4 is 21.7 Å². The average Bonchev–Trinajstić information content (AvgIpc) is 2.74. The molecule has 0 aromatic carbocycles. The van der Waals surface area contributed by atoms with Crippen LogP contribution >= 0.6 is 15.9 Å². The van der Waals surface area contributed by atoms with Crippen molar-refractivity contribution in [1.29, 1.82) is 0 Å². The van der Waals surface area contributed by atoms with E-state index in [1.54, 1.807) is 12.3 Å². The Bertz CT molecular complexity index is 458. The first-order chi connectivity index (χ1) is 8.10.